The van der Waals surface area contributed by atoms with Crippen LogP contribution in [0.5, 0.6) is 11.5 Å². The van der Waals surface area contributed by atoms with E-state index < -0.39 is 0 Å². The van der Waals surface area contributed by atoms with E-state index >= 15 is 0 Å². The van der Waals surface area contributed by atoms with Crippen LogP contribution in [0.4, 0.5) is 17.3 Å². The zero-order chi connectivity index (χ0) is 20.8. The zero-order valence-corrected chi connectivity index (χ0v) is 16.9. The molecule has 0 unspecified atom stereocenters. The molecule has 29 heavy (non-hydrogen) atoms. The van der Waals surface area contributed by atoms with Crippen molar-refractivity contribution in [2.75, 3.05) is 24.9 Å². The van der Waals surface area contributed by atoms with E-state index in [0.29, 0.717) is 23.1 Å². The molecule has 1 amide bonds. The molecule has 0 aliphatic carbocycles. The first-order chi connectivity index (χ1) is 14.0. The van der Waals surface area contributed by atoms with Gasteiger partial charge in [-0.15, -0.1) is 10.2 Å². The molecular formula is C22H24N4O3. The van der Waals surface area contributed by atoms with Crippen LogP contribution in [0, 0.1) is 13.8 Å². The Bertz CT molecular complexity index is 983. The summed E-state index contributed by atoms with van der Waals surface area (Å²) >= 11 is 0. The first-order valence-corrected chi connectivity index (χ1v) is 9.16. The Hall–Kier alpha value is -3.61. The standard InChI is InChI=1S/C22H24N4O3/c1-14-9-15(2)11-17(10-14)23-20-7-8-21(26-25-20)24-22(27)13-16-5-6-18(28-3)19(12-16)29-4/h5-12H,13H2,1-4H3,(H,23,25)(H,24,26,27). The van der Waals surface area contributed by atoms with Crippen LogP contribution >= 0.6 is 0 Å². The molecule has 2 N–H and O–H groups in total. The summed E-state index contributed by atoms with van der Waals surface area (Å²) < 4.78 is 10.5. The van der Waals surface area contributed by atoms with Gasteiger partial charge in [0.05, 0.1) is 20.6 Å². The molecule has 7 heteroatoms. The molecule has 3 rings (SSSR count). The molecule has 0 spiro atoms. The van der Waals surface area contributed by atoms with Crippen molar-refractivity contribution in [3.05, 3.63) is 65.2 Å². The van der Waals surface area contributed by atoms with Gasteiger partial charge in [0.2, 0.25) is 5.91 Å². The predicted molar refractivity (Wildman–Crippen MR) is 113 cm³/mol. The number of aryl methyl sites for hydroxylation is 2. The van der Waals surface area contributed by atoms with E-state index in [0.717, 1.165) is 11.3 Å². The van der Waals surface area contributed by atoms with Gasteiger partial charge in [-0.05, 0) is 66.9 Å². The number of benzene rings is 2. The first kappa shape index (κ1) is 20.1. The van der Waals surface area contributed by atoms with Gasteiger partial charge >= 0.3 is 0 Å². The average molecular weight is 392 g/mol. The lowest BCUT2D eigenvalue weighted by Gasteiger charge is -2.10. The lowest BCUT2D eigenvalue weighted by atomic mass is 10.1. The van der Waals surface area contributed by atoms with Crippen LogP contribution < -0.4 is 20.1 Å². The van der Waals surface area contributed by atoms with E-state index in [1.54, 1.807) is 38.5 Å². The molecule has 0 aliphatic rings. The monoisotopic (exact) mass is 392 g/mol. The van der Waals surface area contributed by atoms with Gasteiger partial charge in [0.15, 0.2) is 23.1 Å². The van der Waals surface area contributed by atoms with Crippen LogP contribution in [0.3, 0.4) is 0 Å². The molecule has 0 radical (unpaired) electrons. The van der Waals surface area contributed by atoms with Crippen LogP contribution in [-0.2, 0) is 11.2 Å². The summed E-state index contributed by atoms with van der Waals surface area (Å²) in [6, 6.07) is 15.0. The highest BCUT2D eigenvalue weighted by molar-refractivity contribution is 5.91. The fourth-order valence-electron chi connectivity index (χ4n) is 3.02. The van der Waals surface area contributed by atoms with Gasteiger partial charge in [0.1, 0.15) is 0 Å². The van der Waals surface area contributed by atoms with Gasteiger partial charge in [-0.3, -0.25) is 4.79 Å². The summed E-state index contributed by atoms with van der Waals surface area (Å²) in [4.78, 5) is 12.3. The maximum absolute atomic E-state index is 12.3. The highest BCUT2D eigenvalue weighted by atomic mass is 16.5. The number of nitrogens with one attached hydrogen (secondary N) is 2. The molecule has 0 saturated heterocycles. The second-order valence-electron chi connectivity index (χ2n) is 6.72. The predicted octanol–water partition coefficient (Wildman–Crippen LogP) is 4.04. The van der Waals surface area contributed by atoms with Crippen molar-refractivity contribution in [2.45, 2.75) is 20.3 Å². The Morgan fingerprint density at radius 1 is 0.862 bits per heavy atom. The second kappa shape index (κ2) is 9.05. The largest absolute Gasteiger partial charge is 0.493 e. The first-order valence-electron chi connectivity index (χ1n) is 9.16. The van der Waals surface area contributed by atoms with E-state index in [-0.39, 0.29) is 12.3 Å². The van der Waals surface area contributed by atoms with Crippen molar-refractivity contribution >= 4 is 23.2 Å². The average Bonchev–Trinajstić information content (AvgIpc) is 2.68. The summed E-state index contributed by atoms with van der Waals surface area (Å²) in [7, 11) is 3.13. The number of hydrogen-bond donors (Lipinski definition) is 2. The fourth-order valence-corrected chi connectivity index (χ4v) is 3.02. The summed E-state index contributed by atoms with van der Waals surface area (Å²) in [5.74, 6) is 2.00. The van der Waals surface area contributed by atoms with Gasteiger partial charge in [0, 0.05) is 5.69 Å². The number of nitrogens with zero attached hydrogens (tertiary/aromatic N) is 2. The minimum atomic E-state index is -0.193. The fraction of sp³-hybridized carbons (Fsp3) is 0.227. The number of carbonyl (C=O) groups is 1. The van der Waals surface area contributed by atoms with E-state index in [1.807, 2.05) is 32.0 Å². The van der Waals surface area contributed by atoms with Gasteiger partial charge in [-0.25, -0.2) is 0 Å². The highest BCUT2D eigenvalue weighted by Gasteiger charge is 2.10. The number of aromatic nitrogens is 2. The lowest BCUT2D eigenvalue weighted by molar-refractivity contribution is -0.115. The van der Waals surface area contributed by atoms with Crippen molar-refractivity contribution in [1.82, 2.24) is 10.2 Å². The van der Waals surface area contributed by atoms with Gasteiger partial charge in [-0.2, -0.15) is 0 Å². The number of ether oxygens (including phenoxy) is 2. The van der Waals surface area contributed by atoms with Gasteiger partial charge < -0.3 is 20.1 Å². The Kier molecular flexibility index (Phi) is 6.29. The molecule has 2 aromatic carbocycles. The van der Waals surface area contributed by atoms with Gasteiger partial charge in [0.25, 0.3) is 0 Å². The Labute approximate surface area is 170 Å². The summed E-state index contributed by atoms with van der Waals surface area (Å²) in [6.45, 7) is 4.09. The molecule has 0 saturated carbocycles. The normalized spacial score (nSPS) is 10.3. The number of methoxy groups -OCH3 is 2. The smallest absolute Gasteiger partial charge is 0.229 e. The molecule has 1 aromatic heterocycles. The minimum absolute atomic E-state index is 0.185. The third-order valence-electron chi connectivity index (χ3n) is 4.24. The van der Waals surface area contributed by atoms with Crippen molar-refractivity contribution < 1.29 is 14.3 Å². The molecule has 0 aliphatic heterocycles. The third-order valence-corrected chi connectivity index (χ3v) is 4.24. The molecule has 0 bridgehead atoms. The number of carbonyl (C=O) groups excluding carboxylic acids is 1. The number of amides is 1. The Balaban J connectivity index is 1.61. The minimum Gasteiger partial charge on any atom is -0.493 e. The number of rotatable bonds is 7. The Morgan fingerprint density at radius 3 is 2.14 bits per heavy atom. The zero-order valence-electron chi connectivity index (χ0n) is 16.9. The lowest BCUT2D eigenvalue weighted by Crippen LogP contribution is -2.15. The summed E-state index contributed by atoms with van der Waals surface area (Å²) in [5, 5.41) is 14.2. The van der Waals surface area contributed by atoms with E-state index in [1.165, 1.54) is 11.1 Å². The van der Waals surface area contributed by atoms with Crippen LogP contribution in [0.15, 0.2) is 48.5 Å². The van der Waals surface area contributed by atoms with Crippen molar-refractivity contribution in [3.63, 3.8) is 0 Å². The van der Waals surface area contributed by atoms with Crippen molar-refractivity contribution in [2.24, 2.45) is 0 Å². The molecule has 1 heterocycles. The van der Waals surface area contributed by atoms with Crippen molar-refractivity contribution in [3.8, 4) is 11.5 Å². The van der Waals surface area contributed by atoms with E-state index in [4.69, 9.17) is 9.47 Å². The molecule has 0 atom stereocenters. The third kappa shape index (κ3) is 5.44. The molecule has 3 aromatic rings. The number of anilines is 3. The molecule has 7 nitrogen and oxygen atoms in total. The van der Waals surface area contributed by atoms with E-state index in [2.05, 4.69) is 26.9 Å². The SMILES string of the molecule is COc1ccc(CC(=O)Nc2ccc(Nc3cc(C)cc(C)c3)nn2)cc1OC. The topological polar surface area (TPSA) is 85.4 Å². The molecule has 150 valence electrons. The van der Waals surface area contributed by atoms with Crippen LogP contribution in [0.1, 0.15) is 16.7 Å². The molecule has 0 fully saturated rings. The maximum Gasteiger partial charge on any atom is 0.229 e. The van der Waals surface area contributed by atoms with Crippen LogP contribution in [0.2, 0.25) is 0 Å². The summed E-state index contributed by atoms with van der Waals surface area (Å²) in [6.07, 6.45) is 0.185. The number of hydrogen-bond acceptors (Lipinski definition) is 6. The van der Waals surface area contributed by atoms with Crippen LogP contribution in [0.25, 0.3) is 0 Å². The van der Waals surface area contributed by atoms with Gasteiger partial charge in [-0.1, -0.05) is 12.1 Å². The molecular weight excluding hydrogens is 368 g/mol. The van der Waals surface area contributed by atoms with Crippen LogP contribution in [-0.4, -0.2) is 30.3 Å². The second-order valence-corrected chi connectivity index (χ2v) is 6.72. The maximum atomic E-state index is 12.3. The van der Waals surface area contributed by atoms with E-state index in [9.17, 15) is 4.79 Å². The van der Waals surface area contributed by atoms with Crippen molar-refractivity contribution in [1.29, 1.82) is 0 Å². The summed E-state index contributed by atoms with van der Waals surface area (Å²) in [5.41, 5.74) is 4.09. The quantitative estimate of drug-likeness (QED) is 0.631. The highest BCUT2D eigenvalue weighted by Crippen LogP contribution is 2.27. The Morgan fingerprint density at radius 2 is 1.52 bits per heavy atom.